The second kappa shape index (κ2) is 7.30. The van der Waals surface area contributed by atoms with Crippen LogP contribution in [0, 0.1) is 13.8 Å². The molecule has 0 aliphatic carbocycles. The molecule has 0 aliphatic rings. The molecule has 0 aliphatic heterocycles. The predicted octanol–water partition coefficient (Wildman–Crippen LogP) is 4.02. The lowest BCUT2D eigenvalue weighted by Gasteiger charge is -2.18. The molecule has 0 N–H and O–H groups in total. The monoisotopic (exact) mass is 335 g/mol. The molecule has 0 atom stereocenters. The van der Waals surface area contributed by atoms with Gasteiger partial charge < -0.3 is 9.42 Å². The van der Waals surface area contributed by atoms with Crippen LogP contribution >= 0.6 is 0 Å². The third kappa shape index (κ3) is 3.94. The van der Waals surface area contributed by atoms with E-state index in [2.05, 4.69) is 10.1 Å². The van der Waals surface area contributed by atoms with Gasteiger partial charge in [0.25, 0.3) is 5.91 Å². The first-order valence-corrected chi connectivity index (χ1v) is 8.32. The van der Waals surface area contributed by atoms with Crippen molar-refractivity contribution in [3.05, 3.63) is 71.1 Å². The number of amides is 1. The first-order valence-electron chi connectivity index (χ1n) is 8.32. The Morgan fingerprint density at radius 3 is 2.20 bits per heavy atom. The van der Waals surface area contributed by atoms with Crippen molar-refractivity contribution in [2.75, 3.05) is 6.54 Å². The van der Waals surface area contributed by atoms with E-state index in [1.807, 2.05) is 69.3 Å². The molecule has 0 saturated carbocycles. The maximum Gasteiger partial charge on any atom is 0.254 e. The Morgan fingerprint density at radius 2 is 1.60 bits per heavy atom. The Bertz CT molecular complexity index is 851. The normalized spacial score (nSPS) is 10.7. The molecule has 128 valence electrons. The van der Waals surface area contributed by atoms with E-state index in [-0.39, 0.29) is 5.91 Å². The van der Waals surface area contributed by atoms with E-state index in [9.17, 15) is 4.79 Å². The molecule has 3 rings (SSSR count). The van der Waals surface area contributed by atoms with Gasteiger partial charge in [0.15, 0.2) is 0 Å². The topological polar surface area (TPSA) is 59.2 Å². The Kier molecular flexibility index (Phi) is 4.93. The molecule has 1 aromatic heterocycles. The molecule has 5 heteroatoms. The molecule has 3 aromatic rings. The summed E-state index contributed by atoms with van der Waals surface area (Å²) in [5.74, 6) is 0.921. The highest BCUT2D eigenvalue weighted by Gasteiger charge is 2.18. The van der Waals surface area contributed by atoms with E-state index in [0.29, 0.717) is 30.4 Å². The molecular formula is C20H21N3O2. The van der Waals surface area contributed by atoms with Gasteiger partial charge in [-0.15, -0.1) is 0 Å². The molecule has 0 spiro atoms. The van der Waals surface area contributed by atoms with E-state index >= 15 is 0 Å². The van der Waals surface area contributed by atoms with Gasteiger partial charge in [0.2, 0.25) is 11.7 Å². The number of carbonyl (C=O) groups excluding carboxylic acids is 1. The van der Waals surface area contributed by atoms with Crippen LogP contribution in [0.2, 0.25) is 0 Å². The minimum atomic E-state index is -0.0439. The summed E-state index contributed by atoms with van der Waals surface area (Å²) < 4.78 is 5.33. The van der Waals surface area contributed by atoms with Gasteiger partial charge in [0.05, 0.1) is 0 Å². The van der Waals surface area contributed by atoms with Gasteiger partial charge in [-0.25, -0.2) is 0 Å². The van der Waals surface area contributed by atoms with Crippen LogP contribution in [-0.2, 0) is 6.54 Å². The number of aromatic nitrogens is 2. The van der Waals surface area contributed by atoms with Crippen molar-refractivity contribution in [2.24, 2.45) is 0 Å². The summed E-state index contributed by atoms with van der Waals surface area (Å²) in [5, 5.41) is 4.02. The summed E-state index contributed by atoms with van der Waals surface area (Å²) >= 11 is 0. The maximum absolute atomic E-state index is 12.6. The molecule has 0 radical (unpaired) electrons. The highest BCUT2D eigenvalue weighted by molar-refractivity contribution is 5.94. The van der Waals surface area contributed by atoms with Crippen molar-refractivity contribution in [1.82, 2.24) is 15.0 Å². The van der Waals surface area contributed by atoms with Gasteiger partial charge in [-0.2, -0.15) is 4.98 Å². The van der Waals surface area contributed by atoms with E-state index in [1.54, 1.807) is 4.90 Å². The Balaban J connectivity index is 1.75. The molecule has 1 amide bonds. The summed E-state index contributed by atoms with van der Waals surface area (Å²) in [5.41, 5.74) is 3.85. The van der Waals surface area contributed by atoms with E-state index in [4.69, 9.17) is 4.52 Å². The third-order valence-electron chi connectivity index (χ3n) is 4.07. The fraction of sp³-hybridized carbons (Fsp3) is 0.250. The fourth-order valence-corrected chi connectivity index (χ4v) is 2.51. The third-order valence-corrected chi connectivity index (χ3v) is 4.07. The second-order valence-corrected chi connectivity index (χ2v) is 6.06. The number of hydrogen-bond acceptors (Lipinski definition) is 4. The van der Waals surface area contributed by atoms with Gasteiger partial charge in [-0.05, 0) is 32.9 Å². The average Bonchev–Trinajstić information content (AvgIpc) is 3.09. The van der Waals surface area contributed by atoms with Crippen LogP contribution < -0.4 is 0 Å². The minimum Gasteiger partial charge on any atom is -0.337 e. The number of hydrogen-bond donors (Lipinski definition) is 0. The molecule has 25 heavy (non-hydrogen) atoms. The number of carbonyl (C=O) groups is 1. The summed E-state index contributed by atoms with van der Waals surface area (Å²) in [6.45, 7) is 6.82. The standard InChI is InChI=1S/C20H21N3O2/c1-4-23(20(24)17-11-7-15(3)8-12-17)13-18-21-19(22-25-18)16-9-5-14(2)6-10-16/h5-12H,4,13H2,1-3H3. The lowest BCUT2D eigenvalue weighted by Crippen LogP contribution is -2.30. The van der Waals surface area contributed by atoms with Crippen molar-refractivity contribution >= 4 is 5.91 Å². The van der Waals surface area contributed by atoms with Crippen LogP contribution in [0.3, 0.4) is 0 Å². The lowest BCUT2D eigenvalue weighted by molar-refractivity contribution is 0.0734. The van der Waals surface area contributed by atoms with E-state index in [1.165, 1.54) is 5.56 Å². The van der Waals surface area contributed by atoms with Crippen LogP contribution in [0.15, 0.2) is 53.1 Å². The quantitative estimate of drug-likeness (QED) is 0.707. The molecular weight excluding hydrogens is 314 g/mol. The fourth-order valence-electron chi connectivity index (χ4n) is 2.51. The molecule has 0 unspecified atom stereocenters. The number of rotatable bonds is 5. The predicted molar refractivity (Wildman–Crippen MR) is 96.1 cm³/mol. The largest absolute Gasteiger partial charge is 0.337 e. The number of nitrogens with zero attached hydrogens (tertiary/aromatic N) is 3. The zero-order valence-electron chi connectivity index (χ0n) is 14.7. The second-order valence-electron chi connectivity index (χ2n) is 6.06. The smallest absolute Gasteiger partial charge is 0.254 e. The van der Waals surface area contributed by atoms with Crippen LogP contribution in [0.25, 0.3) is 11.4 Å². The lowest BCUT2D eigenvalue weighted by atomic mass is 10.1. The van der Waals surface area contributed by atoms with Crippen LogP contribution in [0.1, 0.15) is 34.3 Å². The molecule has 0 bridgehead atoms. The highest BCUT2D eigenvalue weighted by Crippen LogP contribution is 2.17. The van der Waals surface area contributed by atoms with E-state index < -0.39 is 0 Å². The molecule has 5 nitrogen and oxygen atoms in total. The SMILES string of the molecule is CCN(Cc1nc(-c2ccc(C)cc2)no1)C(=O)c1ccc(C)cc1. The van der Waals surface area contributed by atoms with Crippen LogP contribution in [0.5, 0.6) is 0 Å². The van der Waals surface area contributed by atoms with Gasteiger partial charge in [-0.1, -0.05) is 52.7 Å². The number of aryl methyl sites for hydroxylation is 2. The summed E-state index contributed by atoms with van der Waals surface area (Å²) in [7, 11) is 0. The van der Waals surface area contributed by atoms with Crippen LogP contribution in [0.4, 0.5) is 0 Å². The molecule has 0 saturated heterocycles. The maximum atomic E-state index is 12.6. The van der Waals surface area contributed by atoms with Crippen molar-refractivity contribution in [2.45, 2.75) is 27.3 Å². The Labute approximate surface area is 147 Å². The van der Waals surface area contributed by atoms with Crippen molar-refractivity contribution in [1.29, 1.82) is 0 Å². The van der Waals surface area contributed by atoms with Gasteiger partial charge in [0.1, 0.15) is 6.54 Å². The minimum absolute atomic E-state index is 0.0439. The molecule has 0 fully saturated rings. The summed E-state index contributed by atoms with van der Waals surface area (Å²) in [6.07, 6.45) is 0. The Hall–Kier alpha value is -2.95. The van der Waals surface area contributed by atoms with Gasteiger partial charge >= 0.3 is 0 Å². The molecule has 1 heterocycles. The highest BCUT2D eigenvalue weighted by atomic mass is 16.5. The zero-order valence-corrected chi connectivity index (χ0v) is 14.7. The summed E-state index contributed by atoms with van der Waals surface area (Å²) in [4.78, 5) is 18.7. The molecule has 2 aromatic carbocycles. The zero-order chi connectivity index (χ0) is 17.8. The first-order chi connectivity index (χ1) is 12.1. The van der Waals surface area contributed by atoms with Crippen molar-refractivity contribution in [3.8, 4) is 11.4 Å². The van der Waals surface area contributed by atoms with Crippen molar-refractivity contribution < 1.29 is 9.32 Å². The number of benzene rings is 2. The van der Waals surface area contributed by atoms with Gasteiger partial charge in [-0.3, -0.25) is 4.79 Å². The van der Waals surface area contributed by atoms with Gasteiger partial charge in [0, 0.05) is 17.7 Å². The summed E-state index contributed by atoms with van der Waals surface area (Å²) in [6, 6.07) is 15.5. The van der Waals surface area contributed by atoms with Crippen LogP contribution in [-0.4, -0.2) is 27.5 Å². The van der Waals surface area contributed by atoms with Crippen molar-refractivity contribution in [3.63, 3.8) is 0 Å². The van der Waals surface area contributed by atoms with E-state index in [0.717, 1.165) is 11.1 Å². The average molecular weight is 335 g/mol. The Morgan fingerprint density at radius 1 is 1.00 bits per heavy atom. The first kappa shape index (κ1) is 16.9.